The quantitative estimate of drug-likeness (QED) is 0.588. The zero-order chi connectivity index (χ0) is 20.3. The number of carbonyl (C=O) groups excluding carboxylic acids is 1. The van der Waals surface area contributed by atoms with E-state index in [1.807, 2.05) is 57.5 Å². The molecular weight excluding hydrogens is 396 g/mol. The van der Waals surface area contributed by atoms with Crippen LogP contribution in [0.5, 0.6) is 5.75 Å². The van der Waals surface area contributed by atoms with Crippen molar-refractivity contribution in [1.82, 2.24) is 25.0 Å². The van der Waals surface area contributed by atoms with Gasteiger partial charge < -0.3 is 9.30 Å². The Labute approximate surface area is 171 Å². The van der Waals surface area contributed by atoms with Crippen LogP contribution in [-0.2, 0) is 18.4 Å². The van der Waals surface area contributed by atoms with E-state index in [0.717, 1.165) is 21.9 Å². The van der Waals surface area contributed by atoms with Gasteiger partial charge in [-0.05, 0) is 38.8 Å². The predicted octanol–water partition coefficient (Wildman–Crippen LogP) is 3.29. The van der Waals surface area contributed by atoms with Crippen LogP contribution in [0.15, 0.2) is 23.4 Å². The van der Waals surface area contributed by atoms with Crippen LogP contribution in [0.1, 0.15) is 28.9 Å². The molecule has 2 aromatic heterocycles. The Bertz CT molecular complexity index is 964. The highest BCUT2D eigenvalue weighted by Crippen LogP contribution is 2.25. The van der Waals surface area contributed by atoms with E-state index < -0.39 is 0 Å². The number of para-hydroxylation sites is 1. The number of anilines is 1. The highest BCUT2D eigenvalue weighted by molar-refractivity contribution is 8.00. The SMILES string of the molecule is Cc1nnc(NC(=O)[C@H](C)Sc2nnc(COc3c(C)cccc3C)n2C)s1. The van der Waals surface area contributed by atoms with Gasteiger partial charge in [-0.15, -0.1) is 20.4 Å². The third-order valence-corrected chi connectivity index (χ3v) is 5.98. The second-order valence-corrected chi connectivity index (χ2v) is 8.83. The van der Waals surface area contributed by atoms with Gasteiger partial charge in [0.2, 0.25) is 11.0 Å². The molecule has 0 aliphatic heterocycles. The van der Waals surface area contributed by atoms with Crippen molar-refractivity contribution in [2.45, 2.75) is 44.7 Å². The van der Waals surface area contributed by atoms with Crippen LogP contribution in [0.2, 0.25) is 0 Å². The average Bonchev–Trinajstić information content (AvgIpc) is 3.21. The zero-order valence-corrected chi connectivity index (χ0v) is 18.0. The molecule has 8 nitrogen and oxygen atoms in total. The molecule has 0 fully saturated rings. The fourth-order valence-corrected chi connectivity index (χ4v) is 3.93. The highest BCUT2D eigenvalue weighted by atomic mass is 32.2. The van der Waals surface area contributed by atoms with Gasteiger partial charge in [0.25, 0.3) is 0 Å². The first-order valence-electron chi connectivity index (χ1n) is 8.70. The lowest BCUT2D eigenvalue weighted by Crippen LogP contribution is -2.22. The van der Waals surface area contributed by atoms with Crippen LogP contribution in [0.3, 0.4) is 0 Å². The van der Waals surface area contributed by atoms with E-state index >= 15 is 0 Å². The van der Waals surface area contributed by atoms with Crippen LogP contribution in [0, 0.1) is 20.8 Å². The molecule has 0 radical (unpaired) electrons. The van der Waals surface area contributed by atoms with Gasteiger partial charge in [-0.3, -0.25) is 10.1 Å². The molecule has 3 rings (SSSR count). The van der Waals surface area contributed by atoms with Gasteiger partial charge in [0, 0.05) is 7.05 Å². The van der Waals surface area contributed by atoms with Crippen LogP contribution in [0.4, 0.5) is 5.13 Å². The van der Waals surface area contributed by atoms with Gasteiger partial charge in [-0.1, -0.05) is 41.3 Å². The lowest BCUT2D eigenvalue weighted by Gasteiger charge is -2.12. The fraction of sp³-hybridized carbons (Fsp3) is 0.389. The summed E-state index contributed by atoms with van der Waals surface area (Å²) < 4.78 is 7.80. The van der Waals surface area contributed by atoms with Gasteiger partial charge >= 0.3 is 0 Å². The molecule has 1 amide bonds. The topological polar surface area (TPSA) is 94.8 Å². The van der Waals surface area contributed by atoms with E-state index in [0.29, 0.717) is 22.7 Å². The molecule has 0 spiro atoms. The molecule has 3 aromatic rings. The molecule has 0 saturated carbocycles. The first-order valence-corrected chi connectivity index (χ1v) is 10.4. The van der Waals surface area contributed by atoms with Crippen LogP contribution >= 0.6 is 23.1 Å². The Kier molecular flexibility index (Phi) is 6.30. The molecule has 0 bridgehead atoms. The number of rotatable bonds is 7. The van der Waals surface area contributed by atoms with Crippen molar-refractivity contribution in [3.8, 4) is 5.75 Å². The van der Waals surface area contributed by atoms with Crippen molar-refractivity contribution in [2.75, 3.05) is 5.32 Å². The predicted molar refractivity (Wildman–Crippen MR) is 110 cm³/mol. The Balaban J connectivity index is 1.61. The average molecular weight is 419 g/mol. The Morgan fingerprint density at radius 3 is 2.57 bits per heavy atom. The molecular formula is C18H22N6O2S2. The highest BCUT2D eigenvalue weighted by Gasteiger charge is 2.20. The zero-order valence-electron chi connectivity index (χ0n) is 16.4. The molecule has 0 aliphatic carbocycles. The molecule has 1 aromatic carbocycles. The maximum Gasteiger partial charge on any atom is 0.239 e. The molecule has 148 valence electrons. The third-order valence-electron chi connectivity index (χ3n) is 4.09. The number of thioether (sulfide) groups is 1. The van der Waals surface area contributed by atoms with Gasteiger partial charge in [-0.25, -0.2) is 0 Å². The van der Waals surface area contributed by atoms with Crippen LogP contribution in [-0.4, -0.2) is 36.1 Å². The Morgan fingerprint density at radius 1 is 1.21 bits per heavy atom. The number of hydrogen-bond acceptors (Lipinski definition) is 8. The minimum absolute atomic E-state index is 0.155. The molecule has 0 aliphatic rings. The van der Waals surface area contributed by atoms with E-state index in [2.05, 4.69) is 25.7 Å². The van der Waals surface area contributed by atoms with E-state index in [9.17, 15) is 4.79 Å². The van der Waals surface area contributed by atoms with Gasteiger partial charge in [-0.2, -0.15) is 0 Å². The monoisotopic (exact) mass is 418 g/mol. The van der Waals surface area contributed by atoms with Crippen molar-refractivity contribution >= 4 is 34.1 Å². The lowest BCUT2D eigenvalue weighted by molar-refractivity contribution is -0.115. The maximum atomic E-state index is 12.4. The summed E-state index contributed by atoms with van der Waals surface area (Å²) in [7, 11) is 1.87. The summed E-state index contributed by atoms with van der Waals surface area (Å²) in [6.07, 6.45) is 0. The Hall–Kier alpha value is -2.46. The number of benzene rings is 1. The smallest absolute Gasteiger partial charge is 0.239 e. The fourth-order valence-electron chi connectivity index (χ4n) is 2.50. The molecule has 2 heterocycles. The van der Waals surface area contributed by atoms with E-state index in [1.54, 1.807) is 0 Å². The van der Waals surface area contributed by atoms with Crippen molar-refractivity contribution in [3.63, 3.8) is 0 Å². The summed E-state index contributed by atoms with van der Waals surface area (Å²) in [6, 6.07) is 6.03. The number of hydrogen-bond donors (Lipinski definition) is 1. The Morgan fingerprint density at radius 2 is 1.93 bits per heavy atom. The standard InChI is InChI=1S/C18H22N6O2S2/c1-10-7-6-8-11(2)15(10)26-9-14-21-23-18(24(14)5)27-12(3)16(25)19-17-22-20-13(4)28-17/h6-8,12H,9H2,1-5H3,(H,19,22,25)/t12-/m0/s1. The minimum atomic E-state index is -0.362. The van der Waals surface area contributed by atoms with Crippen LogP contribution in [0.25, 0.3) is 0 Å². The van der Waals surface area contributed by atoms with E-state index in [1.165, 1.54) is 23.1 Å². The van der Waals surface area contributed by atoms with Crippen molar-refractivity contribution in [1.29, 1.82) is 0 Å². The van der Waals surface area contributed by atoms with E-state index in [-0.39, 0.29) is 11.2 Å². The van der Waals surface area contributed by atoms with E-state index in [4.69, 9.17) is 4.74 Å². The first kappa shape index (κ1) is 20.3. The summed E-state index contributed by atoms with van der Waals surface area (Å²) in [5.74, 6) is 1.40. The summed E-state index contributed by atoms with van der Waals surface area (Å²) in [4.78, 5) is 12.4. The first-order chi connectivity index (χ1) is 13.3. The van der Waals surface area contributed by atoms with Gasteiger partial charge in [0.15, 0.2) is 11.0 Å². The normalized spacial score (nSPS) is 12.0. The van der Waals surface area contributed by atoms with Crippen molar-refractivity contribution in [3.05, 3.63) is 40.2 Å². The summed E-state index contributed by atoms with van der Waals surface area (Å²) in [5, 5.41) is 20.6. The molecule has 28 heavy (non-hydrogen) atoms. The number of nitrogens with one attached hydrogen (secondary N) is 1. The summed E-state index contributed by atoms with van der Waals surface area (Å²) in [6.45, 7) is 7.99. The largest absolute Gasteiger partial charge is 0.485 e. The van der Waals surface area contributed by atoms with Crippen molar-refractivity contribution < 1.29 is 9.53 Å². The number of aromatic nitrogens is 5. The summed E-state index contributed by atoms with van der Waals surface area (Å²) in [5.41, 5.74) is 2.16. The van der Waals surface area contributed by atoms with Gasteiger partial charge in [0.05, 0.1) is 5.25 Å². The second kappa shape index (κ2) is 8.70. The number of amides is 1. The van der Waals surface area contributed by atoms with Crippen molar-refractivity contribution in [2.24, 2.45) is 7.05 Å². The summed E-state index contributed by atoms with van der Waals surface area (Å²) >= 11 is 2.67. The molecule has 10 heteroatoms. The maximum absolute atomic E-state index is 12.4. The third kappa shape index (κ3) is 4.68. The van der Waals surface area contributed by atoms with Crippen LogP contribution < -0.4 is 10.1 Å². The minimum Gasteiger partial charge on any atom is -0.485 e. The molecule has 1 N–H and O–H groups in total. The molecule has 1 atom stereocenters. The molecule has 0 unspecified atom stereocenters. The second-order valence-electron chi connectivity index (χ2n) is 6.34. The number of nitrogens with zero attached hydrogens (tertiary/aromatic N) is 5. The number of carbonyl (C=O) groups is 1. The van der Waals surface area contributed by atoms with Gasteiger partial charge in [0.1, 0.15) is 17.4 Å². The number of aryl methyl sites for hydroxylation is 3. The number of ether oxygens (including phenoxy) is 1. The molecule has 0 saturated heterocycles. The lowest BCUT2D eigenvalue weighted by atomic mass is 10.1.